The van der Waals surface area contributed by atoms with Crippen LogP contribution >= 0.6 is 0 Å². The Balaban J connectivity index is 1.58. The molecule has 1 unspecified atom stereocenters. The monoisotopic (exact) mass is 295 g/mol. The van der Waals surface area contributed by atoms with E-state index in [1.165, 1.54) is 51.6 Å². The van der Waals surface area contributed by atoms with Crippen LogP contribution in [0.15, 0.2) is 0 Å². The van der Waals surface area contributed by atoms with Crippen LogP contribution in [0.5, 0.6) is 0 Å². The topological polar surface area (TPSA) is 41.7 Å². The molecular weight excluding hydrogens is 262 g/mol. The molecule has 122 valence electrons. The molecule has 1 aliphatic carbocycles. The Hall–Kier alpha value is -0.160. The number of nitrogens with two attached hydrogens (primary N) is 1. The Kier molecular flexibility index (Phi) is 5.20. The van der Waals surface area contributed by atoms with Crippen LogP contribution in [-0.2, 0) is 4.74 Å². The predicted octanol–water partition coefficient (Wildman–Crippen LogP) is 1.69. The maximum atomic E-state index is 6.25. The fourth-order valence-corrected chi connectivity index (χ4v) is 4.69. The van der Waals surface area contributed by atoms with Crippen molar-refractivity contribution in [2.45, 2.75) is 57.0 Å². The van der Waals surface area contributed by atoms with Crippen molar-refractivity contribution >= 4 is 0 Å². The number of hydrogen-bond donors (Lipinski definition) is 1. The van der Waals surface area contributed by atoms with Gasteiger partial charge in [-0.3, -0.25) is 9.80 Å². The second kappa shape index (κ2) is 6.95. The average Bonchev–Trinajstić information content (AvgIpc) is 3.06. The van der Waals surface area contributed by atoms with Gasteiger partial charge in [-0.1, -0.05) is 13.3 Å². The Morgan fingerprint density at radius 1 is 1.10 bits per heavy atom. The normalized spacial score (nSPS) is 39.7. The van der Waals surface area contributed by atoms with Crippen molar-refractivity contribution in [3.05, 3.63) is 0 Å². The fourth-order valence-electron chi connectivity index (χ4n) is 4.69. The molecule has 3 rings (SSSR count). The minimum atomic E-state index is 0.312. The van der Waals surface area contributed by atoms with E-state index in [1.807, 2.05) is 0 Å². The van der Waals surface area contributed by atoms with Gasteiger partial charge in [0.15, 0.2) is 0 Å². The van der Waals surface area contributed by atoms with E-state index in [0.29, 0.717) is 5.54 Å². The lowest BCUT2D eigenvalue weighted by Gasteiger charge is -2.46. The molecule has 0 aromatic heterocycles. The van der Waals surface area contributed by atoms with Crippen LogP contribution in [0.2, 0.25) is 0 Å². The number of nitrogens with zero attached hydrogens (tertiary/aromatic N) is 2. The first-order chi connectivity index (χ1) is 10.3. The number of hydrogen-bond acceptors (Lipinski definition) is 4. The maximum Gasteiger partial charge on any atom is 0.0594 e. The first kappa shape index (κ1) is 15.7. The van der Waals surface area contributed by atoms with E-state index in [0.717, 1.165) is 44.8 Å². The molecule has 0 amide bonds. The SMILES string of the molecule is CCC1CCC(CN)(N2CCC(N3CCOCC3)C2)CC1. The third-order valence-electron chi connectivity index (χ3n) is 6.39. The summed E-state index contributed by atoms with van der Waals surface area (Å²) in [5, 5.41) is 0. The summed E-state index contributed by atoms with van der Waals surface area (Å²) in [7, 11) is 0. The van der Waals surface area contributed by atoms with Gasteiger partial charge in [0.25, 0.3) is 0 Å². The van der Waals surface area contributed by atoms with Crippen LogP contribution in [0.1, 0.15) is 45.4 Å². The molecule has 2 aliphatic heterocycles. The smallest absolute Gasteiger partial charge is 0.0594 e. The highest BCUT2D eigenvalue weighted by atomic mass is 16.5. The van der Waals surface area contributed by atoms with E-state index < -0.39 is 0 Å². The highest BCUT2D eigenvalue weighted by Gasteiger charge is 2.43. The first-order valence-corrected chi connectivity index (χ1v) is 9.04. The molecule has 3 aliphatic rings. The van der Waals surface area contributed by atoms with E-state index in [1.54, 1.807) is 0 Å². The molecule has 4 heteroatoms. The zero-order valence-electron chi connectivity index (χ0n) is 13.7. The van der Waals surface area contributed by atoms with Gasteiger partial charge in [0.2, 0.25) is 0 Å². The third-order valence-corrected chi connectivity index (χ3v) is 6.39. The van der Waals surface area contributed by atoms with Gasteiger partial charge in [-0.15, -0.1) is 0 Å². The molecule has 1 saturated carbocycles. The molecule has 0 aromatic carbocycles. The van der Waals surface area contributed by atoms with Crippen LogP contribution in [-0.4, -0.2) is 67.3 Å². The standard InChI is InChI=1S/C17H33N3O/c1-2-15-3-6-17(14-18,7-4-15)20-8-5-16(13-20)19-9-11-21-12-10-19/h15-16H,2-14,18H2,1H3. The molecule has 0 spiro atoms. The van der Waals surface area contributed by atoms with Gasteiger partial charge in [-0.05, 0) is 38.0 Å². The summed E-state index contributed by atoms with van der Waals surface area (Å²) in [5.41, 5.74) is 6.57. The van der Waals surface area contributed by atoms with Crippen molar-refractivity contribution in [3.8, 4) is 0 Å². The lowest BCUT2D eigenvalue weighted by molar-refractivity contribution is 0.0103. The molecule has 0 bridgehead atoms. The van der Waals surface area contributed by atoms with Gasteiger partial charge >= 0.3 is 0 Å². The van der Waals surface area contributed by atoms with E-state index in [9.17, 15) is 0 Å². The van der Waals surface area contributed by atoms with Crippen molar-refractivity contribution in [2.24, 2.45) is 11.7 Å². The maximum absolute atomic E-state index is 6.25. The molecule has 3 fully saturated rings. The predicted molar refractivity (Wildman–Crippen MR) is 86.4 cm³/mol. The number of morpholine rings is 1. The van der Waals surface area contributed by atoms with Crippen molar-refractivity contribution in [1.29, 1.82) is 0 Å². The number of likely N-dealkylation sites (tertiary alicyclic amines) is 1. The van der Waals surface area contributed by atoms with E-state index in [-0.39, 0.29) is 0 Å². The largest absolute Gasteiger partial charge is 0.379 e. The van der Waals surface area contributed by atoms with Crippen molar-refractivity contribution in [3.63, 3.8) is 0 Å². The van der Waals surface area contributed by atoms with E-state index in [2.05, 4.69) is 16.7 Å². The fraction of sp³-hybridized carbons (Fsp3) is 1.00. The molecule has 2 saturated heterocycles. The zero-order chi connectivity index (χ0) is 14.7. The van der Waals surface area contributed by atoms with Crippen LogP contribution in [0.4, 0.5) is 0 Å². The quantitative estimate of drug-likeness (QED) is 0.857. The highest BCUT2D eigenvalue weighted by Crippen LogP contribution is 2.39. The summed E-state index contributed by atoms with van der Waals surface area (Å²) in [6.45, 7) is 9.72. The Bertz CT molecular complexity index is 322. The van der Waals surface area contributed by atoms with E-state index in [4.69, 9.17) is 10.5 Å². The van der Waals surface area contributed by atoms with Gasteiger partial charge in [-0.25, -0.2) is 0 Å². The first-order valence-electron chi connectivity index (χ1n) is 9.04. The van der Waals surface area contributed by atoms with Crippen molar-refractivity contribution < 1.29 is 4.74 Å². The molecule has 2 N–H and O–H groups in total. The summed E-state index contributed by atoms with van der Waals surface area (Å²) < 4.78 is 5.49. The molecule has 21 heavy (non-hydrogen) atoms. The second-order valence-corrected chi connectivity index (χ2v) is 7.32. The Morgan fingerprint density at radius 2 is 1.81 bits per heavy atom. The van der Waals surface area contributed by atoms with Crippen molar-refractivity contribution in [2.75, 3.05) is 45.9 Å². The summed E-state index contributed by atoms with van der Waals surface area (Å²) >= 11 is 0. The average molecular weight is 295 g/mol. The summed E-state index contributed by atoms with van der Waals surface area (Å²) in [6, 6.07) is 0.737. The highest BCUT2D eigenvalue weighted by molar-refractivity contribution is 5.00. The molecule has 0 radical (unpaired) electrons. The summed E-state index contributed by atoms with van der Waals surface area (Å²) in [5.74, 6) is 0.947. The van der Waals surface area contributed by atoms with Crippen LogP contribution in [0, 0.1) is 5.92 Å². The molecular formula is C17H33N3O. The van der Waals surface area contributed by atoms with Gasteiger partial charge in [0.1, 0.15) is 0 Å². The van der Waals surface area contributed by atoms with Crippen LogP contribution in [0.3, 0.4) is 0 Å². The summed E-state index contributed by atoms with van der Waals surface area (Å²) in [6.07, 6.45) is 8.06. The van der Waals surface area contributed by atoms with Crippen molar-refractivity contribution in [1.82, 2.24) is 9.80 Å². The Labute approximate surface area is 130 Å². The summed E-state index contributed by atoms with van der Waals surface area (Å²) in [4.78, 5) is 5.39. The zero-order valence-corrected chi connectivity index (χ0v) is 13.7. The second-order valence-electron chi connectivity index (χ2n) is 7.32. The lowest BCUT2D eigenvalue weighted by atomic mass is 9.74. The number of ether oxygens (including phenoxy) is 1. The lowest BCUT2D eigenvalue weighted by Crippen LogP contribution is -2.56. The molecule has 4 nitrogen and oxygen atoms in total. The van der Waals surface area contributed by atoms with Gasteiger partial charge in [0.05, 0.1) is 13.2 Å². The van der Waals surface area contributed by atoms with Gasteiger partial charge in [-0.2, -0.15) is 0 Å². The minimum absolute atomic E-state index is 0.312. The molecule has 1 atom stereocenters. The van der Waals surface area contributed by atoms with Crippen LogP contribution in [0.25, 0.3) is 0 Å². The van der Waals surface area contributed by atoms with Crippen LogP contribution < -0.4 is 5.73 Å². The third kappa shape index (κ3) is 3.29. The number of rotatable bonds is 4. The minimum Gasteiger partial charge on any atom is -0.379 e. The molecule has 0 aromatic rings. The molecule has 2 heterocycles. The van der Waals surface area contributed by atoms with E-state index >= 15 is 0 Å². The van der Waals surface area contributed by atoms with Gasteiger partial charge < -0.3 is 10.5 Å². The van der Waals surface area contributed by atoms with Gasteiger partial charge in [0, 0.05) is 44.3 Å². The Morgan fingerprint density at radius 3 is 2.43 bits per heavy atom.